The summed E-state index contributed by atoms with van der Waals surface area (Å²) in [5, 5.41) is 11.3. The molecule has 0 saturated carbocycles. The van der Waals surface area contributed by atoms with E-state index >= 15 is 0 Å². The maximum absolute atomic E-state index is 8.24. The molecule has 0 rings (SSSR count). The molecule has 0 aliphatic rings. The molecule has 0 saturated heterocycles. The molecule has 0 unspecified atom stereocenters. The highest BCUT2D eigenvalue weighted by atomic mass is 16.4. The largest absolute Gasteiger partial charge is 0.411 e. The van der Waals surface area contributed by atoms with Gasteiger partial charge in [-0.2, -0.15) is 0 Å². The third kappa shape index (κ3) is 12.6. The molecule has 0 bridgehead atoms. The topological polar surface area (TPSA) is 32.6 Å². The van der Waals surface area contributed by atoms with E-state index < -0.39 is 0 Å². The molecular weight excluding hydrogens is 138 g/mol. The van der Waals surface area contributed by atoms with Crippen LogP contribution in [-0.4, -0.2) is 10.9 Å². The molecule has 0 atom stereocenters. The minimum Gasteiger partial charge on any atom is -0.411 e. The van der Waals surface area contributed by atoms with Crippen molar-refractivity contribution >= 4 is 5.71 Å². The second-order valence-corrected chi connectivity index (χ2v) is 2.77. The molecule has 0 aliphatic carbocycles. The first-order chi connectivity index (χ1) is 5.16. The van der Waals surface area contributed by atoms with E-state index in [4.69, 9.17) is 5.21 Å². The quantitative estimate of drug-likeness (QED) is 0.382. The SMILES string of the molecule is C/C(CCC(C)C)=N/O.CC. The van der Waals surface area contributed by atoms with Crippen LogP contribution in [0.3, 0.4) is 0 Å². The lowest BCUT2D eigenvalue weighted by molar-refractivity contribution is 0.316. The van der Waals surface area contributed by atoms with Crippen LogP contribution in [-0.2, 0) is 0 Å². The number of hydrogen-bond donors (Lipinski definition) is 1. The minimum absolute atomic E-state index is 0.696. The smallest absolute Gasteiger partial charge is 0.0540 e. The van der Waals surface area contributed by atoms with Gasteiger partial charge in [-0.15, -0.1) is 0 Å². The van der Waals surface area contributed by atoms with Crippen molar-refractivity contribution in [2.45, 2.75) is 47.5 Å². The van der Waals surface area contributed by atoms with Gasteiger partial charge in [0.2, 0.25) is 0 Å². The Hall–Kier alpha value is -0.530. The molecule has 0 heterocycles. The van der Waals surface area contributed by atoms with Crippen LogP contribution in [0.5, 0.6) is 0 Å². The van der Waals surface area contributed by atoms with E-state index in [1.807, 2.05) is 20.8 Å². The van der Waals surface area contributed by atoms with Crippen LogP contribution in [0, 0.1) is 5.92 Å². The van der Waals surface area contributed by atoms with Gasteiger partial charge in [-0.3, -0.25) is 0 Å². The summed E-state index contributed by atoms with van der Waals surface area (Å²) < 4.78 is 0. The van der Waals surface area contributed by atoms with E-state index in [0.717, 1.165) is 18.6 Å². The minimum atomic E-state index is 0.696. The second kappa shape index (κ2) is 9.47. The summed E-state index contributed by atoms with van der Waals surface area (Å²) in [4.78, 5) is 0. The van der Waals surface area contributed by atoms with Crippen LogP contribution in [0.4, 0.5) is 0 Å². The van der Waals surface area contributed by atoms with Gasteiger partial charge in [0, 0.05) is 0 Å². The summed E-state index contributed by atoms with van der Waals surface area (Å²) in [6, 6.07) is 0. The Morgan fingerprint density at radius 2 is 1.82 bits per heavy atom. The molecule has 0 spiro atoms. The Morgan fingerprint density at radius 1 is 1.36 bits per heavy atom. The van der Waals surface area contributed by atoms with Crippen molar-refractivity contribution in [2.75, 3.05) is 0 Å². The van der Waals surface area contributed by atoms with Gasteiger partial charge in [0.1, 0.15) is 0 Å². The van der Waals surface area contributed by atoms with Gasteiger partial charge >= 0.3 is 0 Å². The monoisotopic (exact) mass is 159 g/mol. The lowest BCUT2D eigenvalue weighted by Gasteiger charge is -2.00. The average Bonchev–Trinajstić information content (AvgIpc) is 2.04. The van der Waals surface area contributed by atoms with E-state index in [0.29, 0.717) is 5.92 Å². The Bertz CT molecular complexity index is 97.7. The lowest BCUT2D eigenvalue weighted by atomic mass is 10.1. The number of oxime groups is 1. The molecule has 0 radical (unpaired) electrons. The van der Waals surface area contributed by atoms with Crippen molar-refractivity contribution in [2.24, 2.45) is 11.1 Å². The van der Waals surface area contributed by atoms with Gasteiger partial charge in [-0.1, -0.05) is 32.9 Å². The Labute approximate surface area is 70.3 Å². The third-order valence-electron chi connectivity index (χ3n) is 1.25. The zero-order valence-corrected chi connectivity index (χ0v) is 8.39. The van der Waals surface area contributed by atoms with Crippen molar-refractivity contribution in [1.82, 2.24) is 0 Å². The van der Waals surface area contributed by atoms with Crippen LogP contribution in [0.15, 0.2) is 5.16 Å². The first kappa shape index (κ1) is 13.1. The fourth-order valence-electron chi connectivity index (χ4n) is 0.548. The van der Waals surface area contributed by atoms with Crippen molar-refractivity contribution in [1.29, 1.82) is 0 Å². The average molecular weight is 159 g/mol. The molecule has 0 amide bonds. The van der Waals surface area contributed by atoms with Crippen LogP contribution < -0.4 is 0 Å². The predicted octanol–water partition coefficient (Wildman–Crippen LogP) is 3.30. The van der Waals surface area contributed by atoms with Crippen LogP contribution >= 0.6 is 0 Å². The molecule has 11 heavy (non-hydrogen) atoms. The summed E-state index contributed by atoms with van der Waals surface area (Å²) >= 11 is 0. The van der Waals surface area contributed by atoms with Crippen LogP contribution in [0.25, 0.3) is 0 Å². The van der Waals surface area contributed by atoms with E-state index in [1.165, 1.54) is 0 Å². The van der Waals surface area contributed by atoms with E-state index in [-0.39, 0.29) is 0 Å². The molecule has 1 N–H and O–H groups in total. The van der Waals surface area contributed by atoms with Gasteiger partial charge in [-0.05, 0) is 25.7 Å². The summed E-state index contributed by atoms with van der Waals surface area (Å²) in [5.74, 6) is 0.696. The van der Waals surface area contributed by atoms with Crippen LogP contribution in [0.2, 0.25) is 0 Å². The van der Waals surface area contributed by atoms with E-state index in [2.05, 4.69) is 19.0 Å². The van der Waals surface area contributed by atoms with E-state index in [9.17, 15) is 0 Å². The maximum atomic E-state index is 8.24. The molecule has 0 aromatic rings. The Morgan fingerprint density at radius 3 is 2.09 bits per heavy atom. The second-order valence-electron chi connectivity index (χ2n) is 2.77. The maximum Gasteiger partial charge on any atom is 0.0540 e. The first-order valence-electron chi connectivity index (χ1n) is 4.34. The Balaban J connectivity index is 0. The molecule has 0 aromatic carbocycles. The summed E-state index contributed by atoms with van der Waals surface area (Å²) in [6.45, 7) is 10.2. The van der Waals surface area contributed by atoms with E-state index in [1.54, 1.807) is 0 Å². The molecular formula is C9H21NO. The normalized spacial score (nSPS) is 10.9. The van der Waals surface area contributed by atoms with Gasteiger partial charge in [0.25, 0.3) is 0 Å². The molecule has 0 fully saturated rings. The van der Waals surface area contributed by atoms with Gasteiger partial charge in [0.15, 0.2) is 0 Å². The molecule has 68 valence electrons. The molecule has 2 nitrogen and oxygen atoms in total. The summed E-state index contributed by atoms with van der Waals surface area (Å²) in [7, 11) is 0. The zero-order valence-electron chi connectivity index (χ0n) is 8.39. The highest BCUT2D eigenvalue weighted by Gasteiger charge is 1.95. The number of nitrogens with zero attached hydrogens (tertiary/aromatic N) is 1. The van der Waals surface area contributed by atoms with Gasteiger partial charge in [-0.25, -0.2) is 0 Å². The Kier molecular flexibility index (Phi) is 11.3. The molecule has 2 heteroatoms. The molecule has 0 aliphatic heterocycles. The molecule has 0 aromatic heterocycles. The number of hydrogen-bond acceptors (Lipinski definition) is 2. The highest BCUT2D eigenvalue weighted by molar-refractivity contribution is 5.81. The number of rotatable bonds is 3. The highest BCUT2D eigenvalue weighted by Crippen LogP contribution is 2.03. The standard InChI is InChI=1S/C7H15NO.C2H6/c1-6(2)4-5-7(3)8-9;1-2/h6,9H,4-5H2,1-3H3;1-2H3/b8-7-;. The van der Waals surface area contributed by atoms with Crippen LogP contribution in [0.1, 0.15) is 47.5 Å². The van der Waals surface area contributed by atoms with Gasteiger partial charge < -0.3 is 5.21 Å². The third-order valence-corrected chi connectivity index (χ3v) is 1.25. The fraction of sp³-hybridized carbons (Fsp3) is 0.889. The van der Waals surface area contributed by atoms with Crippen molar-refractivity contribution < 1.29 is 5.21 Å². The summed E-state index contributed by atoms with van der Waals surface area (Å²) in [6.07, 6.45) is 2.02. The van der Waals surface area contributed by atoms with Crippen molar-refractivity contribution in [3.8, 4) is 0 Å². The lowest BCUT2D eigenvalue weighted by Crippen LogP contribution is -1.94. The first-order valence-corrected chi connectivity index (χ1v) is 4.34. The predicted molar refractivity (Wildman–Crippen MR) is 50.3 cm³/mol. The van der Waals surface area contributed by atoms with Gasteiger partial charge in [0.05, 0.1) is 5.71 Å². The van der Waals surface area contributed by atoms with Crippen molar-refractivity contribution in [3.05, 3.63) is 0 Å². The fourth-order valence-corrected chi connectivity index (χ4v) is 0.548. The summed E-state index contributed by atoms with van der Waals surface area (Å²) in [5.41, 5.74) is 0.823. The zero-order chi connectivity index (χ0) is 9.28. The van der Waals surface area contributed by atoms with Crippen molar-refractivity contribution in [3.63, 3.8) is 0 Å².